The predicted octanol–water partition coefficient (Wildman–Crippen LogP) is 5.94. The Balaban J connectivity index is 2.50. The molecular formula is C16H32BrFOSi. The van der Waals surface area contributed by atoms with Crippen molar-refractivity contribution in [1.29, 1.82) is 0 Å². The molecule has 1 saturated carbocycles. The monoisotopic (exact) mass is 366 g/mol. The normalized spacial score (nSPS) is 27.3. The molecule has 1 fully saturated rings. The molecule has 0 saturated heterocycles. The van der Waals surface area contributed by atoms with Gasteiger partial charge in [0.2, 0.25) is 0 Å². The first-order valence-corrected chi connectivity index (χ1v) is 12.5. The summed E-state index contributed by atoms with van der Waals surface area (Å²) in [4.78, 5) is 0. The van der Waals surface area contributed by atoms with E-state index in [1.54, 1.807) is 0 Å². The van der Waals surface area contributed by atoms with E-state index in [0.29, 0.717) is 24.5 Å². The van der Waals surface area contributed by atoms with Crippen molar-refractivity contribution in [2.75, 3.05) is 5.33 Å². The van der Waals surface area contributed by atoms with Gasteiger partial charge in [-0.2, -0.15) is 0 Å². The molecular weight excluding hydrogens is 335 g/mol. The van der Waals surface area contributed by atoms with E-state index >= 15 is 0 Å². The first-order valence-electron chi connectivity index (χ1n) is 8.29. The quantitative estimate of drug-likeness (QED) is 0.381. The van der Waals surface area contributed by atoms with Gasteiger partial charge < -0.3 is 4.43 Å². The number of hydrogen-bond donors (Lipinski definition) is 0. The maximum atomic E-state index is 13.7. The molecule has 2 atom stereocenters. The summed E-state index contributed by atoms with van der Waals surface area (Å²) in [7, 11) is -1.86. The van der Waals surface area contributed by atoms with Crippen molar-refractivity contribution in [3.8, 4) is 0 Å². The average Bonchev–Trinajstić information content (AvgIpc) is 2.44. The Hall–Kier alpha value is 0.587. The third kappa shape index (κ3) is 6.14. The fourth-order valence-electron chi connectivity index (χ4n) is 3.36. The summed E-state index contributed by atoms with van der Waals surface area (Å²) in [6.45, 7) is 8.51. The van der Waals surface area contributed by atoms with E-state index in [1.165, 1.54) is 25.7 Å². The number of halogens is 2. The van der Waals surface area contributed by atoms with Crippen molar-refractivity contribution >= 4 is 24.2 Å². The van der Waals surface area contributed by atoms with Gasteiger partial charge in [0.25, 0.3) is 0 Å². The fourth-order valence-corrected chi connectivity index (χ4v) is 6.64. The van der Waals surface area contributed by atoms with Crippen LogP contribution in [0.2, 0.25) is 19.1 Å². The predicted molar refractivity (Wildman–Crippen MR) is 91.9 cm³/mol. The molecule has 1 nitrogen and oxygen atoms in total. The summed E-state index contributed by atoms with van der Waals surface area (Å²) in [5, 5.41) is 1.14. The van der Waals surface area contributed by atoms with Gasteiger partial charge in [-0.3, -0.25) is 0 Å². The van der Waals surface area contributed by atoms with Gasteiger partial charge in [0.05, 0.1) is 6.17 Å². The maximum Gasteiger partial charge on any atom is 0.190 e. The Morgan fingerprint density at radius 2 is 1.75 bits per heavy atom. The van der Waals surface area contributed by atoms with Crippen LogP contribution in [0.15, 0.2) is 0 Å². The molecule has 0 N–H and O–H groups in total. The largest absolute Gasteiger partial charge is 0.414 e. The molecule has 20 heavy (non-hydrogen) atoms. The summed E-state index contributed by atoms with van der Waals surface area (Å²) >= 11 is 3.60. The number of alkyl halides is 2. The zero-order valence-corrected chi connectivity index (χ0v) is 16.2. The van der Waals surface area contributed by atoms with E-state index in [0.717, 1.165) is 17.7 Å². The second-order valence-corrected chi connectivity index (χ2v) is 11.8. The van der Waals surface area contributed by atoms with Crippen LogP contribution in [0.3, 0.4) is 0 Å². The lowest BCUT2D eigenvalue weighted by atomic mass is 9.79. The summed E-state index contributed by atoms with van der Waals surface area (Å²) in [6, 6.07) is 0.650. The van der Waals surface area contributed by atoms with Gasteiger partial charge in [-0.25, -0.2) is 4.39 Å². The first-order chi connectivity index (χ1) is 9.41. The summed E-state index contributed by atoms with van der Waals surface area (Å²) in [6.07, 6.45) is 6.57. The summed E-state index contributed by atoms with van der Waals surface area (Å²) in [5.74, 6) is 1.55. The number of hydrogen-bond acceptors (Lipinski definition) is 1. The zero-order chi connectivity index (χ0) is 15.2. The van der Waals surface area contributed by atoms with Gasteiger partial charge in [0, 0.05) is 11.4 Å². The lowest BCUT2D eigenvalue weighted by molar-refractivity contribution is 0.0850. The van der Waals surface area contributed by atoms with Crippen molar-refractivity contribution in [3.63, 3.8) is 0 Å². The van der Waals surface area contributed by atoms with Crippen LogP contribution in [0.5, 0.6) is 0 Å². The van der Waals surface area contributed by atoms with E-state index in [-0.39, 0.29) is 0 Å². The van der Waals surface area contributed by atoms with Crippen molar-refractivity contribution in [2.24, 2.45) is 11.8 Å². The van der Waals surface area contributed by atoms with Crippen LogP contribution < -0.4 is 0 Å². The van der Waals surface area contributed by atoms with Crippen molar-refractivity contribution in [3.05, 3.63) is 0 Å². The molecule has 120 valence electrons. The highest BCUT2D eigenvalue weighted by atomic mass is 79.9. The molecule has 4 heteroatoms. The second-order valence-electron chi connectivity index (χ2n) is 6.97. The van der Waals surface area contributed by atoms with Crippen LogP contribution in [-0.2, 0) is 4.43 Å². The average molecular weight is 367 g/mol. The van der Waals surface area contributed by atoms with Crippen molar-refractivity contribution in [1.82, 2.24) is 0 Å². The molecule has 2 unspecified atom stereocenters. The van der Waals surface area contributed by atoms with Crippen LogP contribution in [0.4, 0.5) is 4.39 Å². The Morgan fingerprint density at radius 3 is 2.20 bits per heavy atom. The molecule has 0 spiro atoms. The van der Waals surface area contributed by atoms with Gasteiger partial charge in [-0.15, -0.1) is 0 Å². The van der Waals surface area contributed by atoms with E-state index in [9.17, 15) is 4.39 Å². The molecule has 0 amide bonds. The molecule has 1 aliphatic rings. The molecule has 1 rings (SSSR count). The molecule has 0 aromatic rings. The van der Waals surface area contributed by atoms with Gasteiger partial charge in [0.1, 0.15) is 0 Å². The minimum absolute atomic E-state index is 0.358. The van der Waals surface area contributed by atoms with Gasteiger partial charge in [0.15, 0.2) is 8.32 Å². The summed E-state index contributed by atoms with van der Waals surface area (Å²) in [5.41, 5.74) is 0. The van der Waals surface area contributed by atoms with Crippen LogP contribution in [0.1, 0.15) is 52.4 Å². The lowest BCUT2D eigenvalue weighted by Gasteiger charge is -2.37. The zero-order valence-electron chi connectivity index (χ0n) is 13.6. The highest BCUT2D eigenvalue weighted by molar-refractivity contribution is 9.09. The molecule has 0 aliphatic heterocycles. The minimum atomic E-state index is -1.86. The topological polar surface area (TPSA) is 9.23 Å². The molecule has 0 aromatic heterocycles. The smallest absolute Gasteiger partial charge is 0.190 e. The van der Waals surface area contributed by atoms with Crippen LogP contribution in [-0.4, -0.2) is 25.9 Å². The van der Waals surface area contributed by atoms with E-state index in [1.807, 2.05) is 6.92 Å². The van der Waals surface area contributed by atoms with Gasteiger partial charge in [-0.05, 0) is 69.5 Å². The Kier molecular flexibility index (Phi) is 8.28. The SMILES string of the molecule is CCC(F)C[Si](C)(C)OC(CC)C1CCC(CBr)CC1. The van der Waals surface area contributed by atoms with Gasteiger partial charge >= 0.3 is 0 Å². The van der Waals surface area contributed by atoms with E-state index in [4.69, 9.17) is 4.43 Å². The van der Waals surface area contributed by atoms with Crippen LogP contribution >= 0.6 is 15.9 Å². The minimum Gasteiger partial charge on any atom is -0.414 e. The van der Waals surface area contributed by atoms with Crippen molar-refractivity contribution < 1.29 is 8.82 Å². The van der Waals surface area contributed by atoms with Gasteiger partial charge in [-0.1, -0.05) is 29.8 Å². The van der Waals surface area contributed by atoms with E-state index < -0.39 is 14.5 Å². The van der Waals surface area contributed by atoms with E-state index in [2.05, 4.69) is 35.9 Å². The fraction of sp³-hybridized carbons (Fsp3) is 1.00. The standard InChI is InChI=1S/C16H32BrFOSi/c1-5-15(18)12-20(3,4)19-16(6-2)14-9-7-13(11-17)8-10-14/h13-16H,5-12H2,1-4H3. The summed E-state index contributed by atoms with van der Waals surface area (Å²) < 4.78 is 20.1. The molecule has 0 heterocycles. The maximum absolute atomic E-state index is 13.7. The highest BCUT2D eigenvalue weighted by Gasteiger charge is 2.34. The van der Waals surface area contributed by atoms with Crippen molar-refractivity contribution in [2.45, 2.75) is 83.8 Å². The first kappa shape index (κ1) is 18.6. The highest BCUT2D eigenvalue weighted by Crippen LogP contribution is 2.35. The third-order valence-corrected chi connectivity index (χ3v) is 7.95. The Morgan fingerprint density at radius 1 is 1.15 bits per heavy atom. The third-order valence-electron chi connectivity index (χ3n) is 4.66. The second kappa shape index (κ2) is 8.89. The number of rotatable bonds is 8. The molecule has 0 aromatic carbocycles. The Bertz CT molecular complexity index is 267. The van der Waals surface area contributed by atoms with Crippen LogP contribution in [0.25, 0.3) is 0 Å². The lowest BCUT2D eigenvalue weighted by Crippen LogP contribution is -2.41. The molecule has 0 radical (unpaired) electrons. The molecule has 0 bridgehead atoms. The Labute approximate surface area is 134 Å². The molecule has 1 aliphatic carbocycles. The van der Waals surface area contributed by atoms with Crippen LogP contribution in [0, 0.1) is 11.8 Å².